The van der Waals surface area contributed by atoms with Crippen LogP contribution in [-0.4, -0.2) is 29.1 Å². The topological polar surface area (TPSA) is 67.1 Å². The van der Waals surface area contributed by atoms with Crippen molar-refractivity contribution in [3.8, 4) is 11.1 Å². The third-order valence-corrected chi connectivity index (χ3v) is 5.13. The number of piperidine rings is 1. The minimum Gasteiger partial charge on any atom is -0.397 e. The molecule has 0 unspecified atom stereocenters. The lowest BCUT2D eigenvalue weighted by molar-refractivity contribution is 0.520. The van der Waals surface area contributed by atoms with Crippen molar-refractivity contribution >= 4 is 28.9 Å². The van der Waals surface area contributed by atoms with E-state index in [-0.39, 0.29) is 0 Å². The molecule has 5 nitrogen and oxygen atoms in total. The van der Waals surface area contributed by atoms with Gasteiger partial charge in [0.2, 0.25) is 5.95 Å². The number of aromatic nitrogens is 2. The van der Waals surface area contributed by atoms with E-state index < -0.39 is 0 Å². The predicted octanol–water partition coefficient (Wildman–Crippen LogP) is 4.46. The van der Waals surface area contributed by atoms with Gasteiger partial charge < -0.3 is 16.0 Å². The summed E-state index contributed by atoms with van der Waals surface area (Å²) in [5.41, 5.74) is 10.2. The Bertz CT molecular complexity index is 907. The second-order valence-electron chi connectivity index (χ2n) is 6.77. The van der Waals surface area contributed by atoms with Gasteiger partial charge >= 0.3 is 0 Å². The molecule has 0 atom stereocenters. The van der Waals surface area contributed by atoms with Gasteiger partial charge in [0.15, 0.2) is 0 Å². The Morgan fingerprint density at radius 2 is 1.70 bits per heavy atom. The maximum absolute atomic E-state index is 6.31. The molecule has 0 radical (unpaired) electrons. The first-order valence-corrected chi connectivity index (χ1v) is 9.51. The molecule has 1 saturated heterocycles. The zero-order valence-electron chi connectivity index (χ0n) is 15.0. The average molecular weight is 380 g/mol. The first-order chi connectivity index (χ1) is 13.2. The second-order valence-corrected chi connectivity index (χ2v) is 7.20. The summed E-state index contributed by atoms with van der Waals surface area (Å²) in [6.45, 7) is 1.87. The third kappa shape index (κ3) is 4.14. The molecule has 1 fully saturated rings. The van der Waals surface area contributed by atoms with Crippen LogP contribution >= 0.6 is 11.6 Å². The fourth-order valence-electron chi connectivity index (χ4n) is 3.44. The lowest BCUT2D eigenvalue weighted by Crippen LogP contribution is -2.40. The average Bonchev–Trinajstić information content (AvgIpc) is 2.71. The van der Waals surface area contributed by atoms with Gasteiger partial charge in [-0.15, -0.1) is 0 Å². The van der Waals surface area contributed by atoms with E-state index in [0.29, 0.717) is 6.04 Å². The monoisotopic (exact) mass is 379 g/mol. The highest BCUT2D eigenvalue weighted by Gasteiger charge is 2.21. The van der Waals surface area contributed by atoms with Gasteiger partial charge in [-0.05, 0) is 54.3 Å². The van der Waals surface area contributed by atoms with Crippen LogP contribution in [0.15, 0.2) is 60.9 Å². The van der Waals surface area contributed by atoms with Crippen LogP contribution < -0.4 is 16.0 Å². The number of halogens is 1. The Balaban J connectivity index is 1.40. The van der Waals surface area contributed by atoms with E-state index in [1.165, 1.54) is 0 Å². The van der Waals surface area contributed by atoms with Crippen LogP contribution in [0.1, 0.15) is 12.8 Å². The van der Waals surface area contributed by atoms with E-state index in [9.17, 15) is 0 Å². The number of hydrogen-bond donors (Lipinski definition) is 2. The molecule has 0 saturated carbocycles. The summed E-state index contributed by atoms with van der Waals surface area (Å²) in [5, 5.41) is 4.32. The van der Waals surface area contributed by atoms with Gasteiger partial charge in [0.1, 0.15) is 0 Å². The molecule has 3 aromatic rings. The van der Waals surface area contributed by atoms with E-state index in [1.54, 1.807) is 12.4 Å². The minimum absolute atomic E-state index is 0.393. The van der Waals surface area contributed by atoms with E-state index in [4.69, 9.17) is 17.3 Å². The Morgan fingerprint density at radius 3 is 2.41 bits per heavy atom. The summed E-state index contributed by atoms with van der Waals surface area (Å²) in [6.07, 6.45) is 5.62. The Labute approximate surface area is 164 Å². The van der Waals surface area contributed by atoms with Gasteiger partial charge in [-0.25, -0.2) is 9.97 Å². The lowest BCUT2D eigenvalue weighted by Gasteiger charge is -2.33. The molecule has 0 amide bonds. The molecular formula is C21H22ClN5. The number of anilines is 3. The van der Waals surface area contributed by atoms with Crippen LogP contribution in [0.4, 0.5) is 17.3 Å². The molecule has 1 aliphatic heterocycles. The van der Waals surface area contributed by atoms with Crippen molar-refractivity contribution in [3.05, 3.63) is 65.9 Å². The number of benzene rings is 2. The number of nitrogens with two attached hydrogens (primary N) is 1. The largest absolute Gasteiger partial charge is 0.397 e. The van der Waals surface area contributed by atoms with Crippen molar-refractivity contribution in [1.29, 1.82) is 0 Å². The number of nitrogen functional groups attached to an aromatic ring is 1. The third-order valence-electron chi connectivity index (χ3n) is 4.90. The summed E-state index contributed by atoms with van der Waals surface area (Å²) in [4.78, 5) is 10.9. The summed E-state index contributed by atoms with van der Waals surface area (Å²) in [6, 6.07) is 16.2. The Morgan fingerprint density at radius 1 is 0.963 bits per heavy atom. The summed E-state index contributed by atoms with van der Waals surface area (Å²) in [7, 11) is 0. The van der Waals surface area contributed by atoms with Crippen molar-refractivity contribution in [1.82, 2.24) is 9.97 Å². The molecule has 0 spiro atoms. The van der Waals surface area contributed by atoms with Crippen molar-refractivity contribution in [2.24, 2.45) is 0 Å². The number of hydrogen-bond acceptors (Lipinski definition) is 5. The molecule has 1 aliphatic rings. The Hall–Kier alpha value is -2.79. The fourth-order valence-corrected chi connectivity index (χ4v) is 3.63. The normalized spacial score (nSPS) is 14.9. The maximum Gasteiger partial charge on any atom is 0.225 e. The summed E-state index contributed by atoms with van der Waals surface area (Å²) in [5.74, 6) is 0.807. The van der Waals surface area contributed by atoms with Crippen molar-refractivity contribution in [3.63, 3.8) is 0 Å². The van der Waals surface area contributed by atoms with Crippen LogP contribution in [0.25, 0.3) is 11.1 Å². The first kappa shape index (κ1) is 17.6. The number of rotatable bonds is 4. The van der Waals surface area contributed by atoms with Gasteiger partial charge in [0, 0.05) is 36.5 Å². The second kappa shape index (κ2) is 7.84. The molecule has 6 heteroatoms. The van der Waals surface area contributed by atoms with Crippen LogP contribution in [-0.2, 0) is 0 Å². The predicted molar refractivity (Wildman–Crippen MR) is 112 cm³/mol. The van der Waals surface area contributed by atoms with E-state index in [0.717, 1.165) is 59.4 Å². The van der Waals surface area contributed by atoms with Crippen molar-refractivity contribution < 1.29 is 0 Å². The minimum atomic E-state index is 0.393. The van der Waals surface area contributed by atoms with Gasteiger partial charge in [0.25, 0.3) is 0 Å². The van der Waals surface area contributed by atoms with E-state index in [2.05, 4.69) is 32.3 Å². The van der Waals surface area contributed by atoms with Crippen LogP contribution in [0.5, 0.6) is 0 Å². The van der Waals surface area contributed by atoms with Gasteiger partial charge in [-0.2, -0.15) is 0 Å². The highest BCUT2D eigenvalue weighted by molar-refractivity contribution is 6.30. The maximum atomic E-state index is 6.31. The van der Waals surface area contributed by atoms with Crippen LogP contribution in [0.3, 0.4) is 0 Å². The SMILES string of the molecule is Nc1cc(-c2cccc(Cl)c2)ccc1NC1CCN(c2ncccn2)CC1. The fraction of sp³-hybridized carbons (Fsp3) is 0.238. The van der Waals surface area contributed by atoms with Gasteiger partial charge in [0.05, 0.1) is 11.4 Å². The van der Waals surface area contributed by atoms with E-state index in [1.807, 2.05) is 36.4 Å². The molecule has 3 N–H and O–H groups in total. The highest BCUT2D eigenvalue weighted by atomic mass is 35.5. The molecule has 138 valence electrons. The van der Waals surface area contributed by atoms with Crippen LogP contribution in [0, 0.1) is 0 Å². The quantitative estimate of drug-likeness (QED) is 0.655. The van der Waals surface area contributed by atoms with Gasteiger partial charge in [-0.3, -0.25) is 0 Å². The summed E-state index contributed by atoms with van der Waals surface area (Å²) >= 11 is 6.09. The molecule has 27 heavy (non-hydrogen) atoms. The zero-order valence-corrected chi connectivity index (χ0v) is 15.7. The smallest absolute Gasteiger partial charge is 0.225 e. The zero-order chi connectivity index (χ0) is 18.6. The molecule has 2 heterocycles. The number of nitrogens with one attached hydrogen (secondary N) is 1. The molecular weight excluding hydrogens is 358 g/mol. The number of nitrogens with zero attached hydrogens (tertiary/aromatic N) is 3. The lowest BCUT2D eigenvalue weighted by atomic mass is 10.0. The van der Waals surface area contributed by atoms with Crippen molar-refractivity contribution in [2.75, 3.05) is 29.0 Å². The molecule has 2 aromatic carbocycles. The molecule has 0 aliphatic carbocycles. The van der Waals surface area contributed by atoms with Gasteiger partial charge in [-0.1, -0.05) is 29.8 Å². The van der Waals surface area contributed by atoms with Crippen LogP contribution in [0.2, 0.25) is 5.02 Å². The standard InChI is InChI=1S/C21H22ClN5/c22-17-4-1-3-15(13-17)16-5-6-20(19(23)14-16)26-18-7-11-27(12-8-18)21-24-9-2-10-25-21/h1-6,9-10,13-14,18,26H,7-8,11-12,23H2. The van der Waals surface area contributed by atoms with E-state index >= 15 is 0 Å². The molecule has 1 aromatic heterocycles. The summed E-state index contributed by atoms with van der Waals surface area (Å²) < 4.78 is 0. The Kier molecular flexibility index (Phi) is 5.12. The first-order valence-electron chi connectivity index (χ1n) is 9.13. The molecule has 4 rings (SSSR count). The van der Waals surface area contributed by atoms with Crippen molar-refractivity contribution in [2.45, 2.75) is 18.9 Å². The highest BCUT2D eigenvalue weighted by Crippen LogP contribution is 2.30. The molecule has 0 bridgehead atoms.